The van der Waals surface area contributed by atoms with E-state index < -0.39 is 0 Å². The minimum Gasteiger partial charge on any atom is -0.321 e. The Bertz CT molecular complexity index is 625. The van der Waals surface area contributed by atoms with Crippen molar-refractivity contribution < 1.29 is 4.79 Å². The number of rotatable bonds is 1. The van der Waals surface area contributed by atoms with Crippen LogP contribution in [0.2, 0.25) is 0 Å². The van der Waals surface area contributed by atoms with Gasteiger partial charge >= 0.3 is 0 Å². The maximum absolute atomic E-state index is 12.2. The molecule has 18 heavy (non-hydrogen) atoms. The molecule has 2 nitrogen and oxygen atoms in total. The summed E-state index contributed by atoms with van der Waals surface area (Å²) in [6.45, 7) is 0. The van der Waals surface area contributed by atoms with Gasteiger partial charge in [0.15, 0.2) is 0 Å². The van der Waals surface area contributed by atoms with Gasteiger partial charge in [-0.15, -0.1) is 0 Å². The highest BCUT2D eigenvalue weighted by molar-refractivity contribution is 7.99. The zero-order chi connectivity index (χ0) is 12.5. The summed E-state index contributed by atoms with van der Waals surface area (Å²) < 4.78 is 0. The Morgan fingerprint density at radius 3 is 2.78 bits per heavy atom. The van der Waals surface area contributed by atoms with Gasteiger partial charge in [0.25, 0.3) is 5.91 Å². The predicted octanol–water partition coefficient (Wildman–Crippen LogP) is 3.83. The standard InChI is InChI=1S/C14H11NOS2/c16-14-10-5-3-4-9(8-17)13(10)18-12-7-2-1-6-11(12)15-14/h1-7,17H,8H2,(H,15,16). The lowest BCUT2D eigenvalue weighted by Crippen LogP contribution is -2.11. The number of amides is 1. The number of hydrogen-bond acceptors (Lipinski definition) is 3. The quantitative estimate of drug-likeness (QED) is 0.773. The van der Waals surface area contributed by atoms with E-state index in [1.807, 2.05) is 42.5 Å². The van der Waals surface area contributed by atoms with Crippen LogP contribution in [0, 0.1) is 0 Å². The molecule has 0 aliphatic carbocycles. The van der Waals surface area contributed by atoms with Crippen LogP contribution in [-0.2, 0) is 5.75 Å². The van der Waals surface area contributed by atoms with Gasteiger partial charge < -0.3 is 5.32 Å². The van der Waals surface area contributed by atoms with Crippen LogP contribution in [0.3, 0.4) is 0 Å². The fourth-order valence-corrected chi connectivity index (χ4v) is 3.48. The Kier molecular flexibility index (Phi) is 3.06. The molecule has 2 aromatic carbocycles. The maximum Gasteiger partial charge on any atom is 0.256 e. The normalized spacial score (nSPS) is 13.3. The van der Waals surface area contributed by atoms with Crippen LogP contribution >= 0.6 is 24.4 Å². The second-order valence-corrected chi connectivity index (χ2v) is 5.37. The van der Waals surface area contributed by atoms with Gasteiger partial charge in [-0.3, -0.25) is 4.79 Å². The van der Waals surface area contributed by atoms with Gasteiger partial charge in [0.1, 0.15) is 0 Å². The lowest BCUT2D eigenvalue weighted by molar-refractivity contribution is 0.102. The number of fused-ring (bicyclic) bond motifs is 2. The van der Waals surface area contributed by atoms with Crippen molar-refractivity contribution in [2.45, 2.75) is 15.5 Å². The zero-order valence-corrected chi connectivity index (χ0v) is 11.2. The fraction of sp³-hybridized carbons (Fsp3) is 0.0714. The van der Waals surface area contributed by atoms with Crippen LogP contribution in [-0.4, -0.2) is 5.91 Å². The third-order valence-corrected chi connectivity index (χ3v) is 4.46. The molecule has 1 heterocycles. The number of benzene rings is 2. The lowest BCUT2D eigenvalue weighted by Gasteiger charge is -2.08. The molecule has 1 amide bonds. The molecule has 1 aliphatic rings. The number of nitrogens with one attached hydrogen (secondary N) is 1. The molecule has 0 saturated carbocycles. The third kappa shape index (κ3) is 1.91. The second kappa shape index (κ2) is 4.71. The Morgan fingerprint density at radius 2 is 1.94 bits per heavy atom. The zero-order valence-electron chi connectivity index (χ0n) is 9.51. The molecule has 0 atom stereocenters. The molecule has 1 aliphatic heterocycles. The first-order chi connectivity index (χ1) is 8.79. The minimum atomic E-state index is -0.0499. The van der Waals surface area contributed by atoms with E-state index in [2.05, 4.69) is 17.9 Å². The highest BCUT2D eigenvalue weighted by Crippen LogP contribution is 2.40. The molecule has 0 spiro atoms. The molecule has 0 aromatic heterocycles. The summed E-state index contributed by atoms with van der Waals surface area (Å²) in [4.78, 5) is 14.3. The van der Waals surface area contributed by atoms with Gasteiger partial charge in [0.2, 0.25) is 0 Å². The monoisotopic (exact) mass is 273 g/mol. The van der Waals surface area contributed by atoms with Gasteiger partial charge in [0.05, 0.1) is 11.3 Å². The highest BCUT2D eigenvalue weighted by Gasteiger charge is 2.21. The van der Waals surface area contributed by atoms with E-state index in [4.69, 9.17) is 0 Å². The van der Waals surface area contributed by atoms with Gasteiger partial charge in [-0.05, 0) is 23.8 Å². The van der Waals surface area contributed by atoms with Crippen molar-refractivity contribution in [2.24, 2.45) is 0 Å². The molecule has 90 valence electrons. The average molecular weight is 273 g/mol. The minimum absolute atomic E-state index is 0.0499. The van der Waals surface area contributed by atoms with Crippen molar-refractivity contribution >= 4 is 36.0 Å². The molecule has 0 bridgehead atoms. The molecule has 3 rings (SSSR count). The number of carbonyl (C=O) groups is 1. The topological polar surface area (TPSA) is 29.1 Å². The first-order valence-electron chi connectivity index (χ1n) is 5.60. The van der Waals surface area contributed by atoms with Crippen LogP contribution in [0.15, 0.2) is 52.3 Å². The van der Waals surface area contributed by atoms with Gasteiger partial charge in [-0.2, -0.15) is 12.6 Å². The van der Waals surface area contributed by atoms with Crippen molar-refractivity contribution in [3.05, 3.63) is 53.6 Å². The van der Waals surface area contributed by atoms with E-state index in [1.165, 1.54) is 0 Å². The largest absolute Gasteiger partial charge is 0.321 e. The van der Waals surface area contributed by atoms with Crippen LogP contribution in [0.1, 0.15) is 15.9 Å². The van der Waals surface area contributed by atoms with Crippen molar-refractivity contribution in [3.8, 4) is 0 Å². The number of carbonyl (C=O) groups excluding carboxylic acids is 1. The summed E-state index contributed by atoms with van der Waals surface area (Å²) in [5.74, 6) is 0.581. The highest BCUT2D eigenvalue weighted by atomic mass is 32.2. The molecule has 4 heteroatoms. The summed E-state index contributed by atoms with van der Waals surface area (Å²) >= 11 is 5.96. The summed E-state index contributed by atoms with van der Waals surface area (Å²) in [5.41, 5.74) is 2.68. The van der Waals surface area contributed by atoms with Crippen LogP contribution in [0.25, 0.3) is 0 Å². The third-order valence-electron chi connectivity index (χ3n) is 2.86. The molecule has 0 radical (unpaired) electrons. The molecular weight excluding hydrogens is 262 g/mol. The molecule has 1 N–H and O–H groups in total. The fourth-order valence-electron chi connectivity index (χ4n) is 1.97. The molecule has 0 saturated heterocycles. The smallest absolute Gasteiger partial charge is 0.256 e. The van der Waals surface area contributed by atoms with E-state index in [0.717, 1.165) is 26.6 Å². The van der Waals surface area contributed by atoms with Crippen molar-refractivity contribution in [2.75, 3.05) is 5.32 Å². The van der Waals surface area contributed by atoms with Gasteiger partial charge in [0, 0.05) is 15.5 Å². The summed E-state index contributed by atoms with van der Waals surface area (Å²) in [5, 5.41) is 2.95. The Hall–Kier alpha value is -1.39. The van der Waals surface area contributed by atoms with Crippen LogP contribution in [0.4, 0.5) is 5.69 Å². The summed E-state index contributed by atoms with van der Waals surface area (Å²) in [7, 11) is 0. The van der Waals surface area contributed by atoms with Crippen molar-refractivity contribution in [3.63, 3.8) is 0 Å². The first-order valence-corrected chi connectivity index (χ1v) is 7.05. The van der Waals surface area contributed by atoms with Crippen LogP contribution < -0.4 is 5.32 Å². The number of para-hydroxylation sites is 1. The maximum atomic E-state index is 12.2. The Morgan fingerprint density at radius 1 is 1.11 bits per heavy atom. The SMILES string of the molecule is O=C1Nc2ccccc2Sc2c(CS)cccc21. The Labute approximate surface area is 115 Å². The van der Waals surface area contributed by atoms with Crippen molar-refractivity contribution in [1.82, 2.24) is 0 Å². The van der Waals surface area contributed by atoms with Crippen molar-refractivity contribution in [1.29, 1.82) is 0 Å². The van der Waals surface area contributed by atoms with E-state index in [-0.39, 0.29) is 5.91 Å². The predicted molar refractivity (Wildman–Crippen MR) is 77.7 cm³/mol. The number of thiol groups is 1. The summed E-state index contributed by atoms with van der Waals surface area (Å²) in [6.07, 6.45) is 0. The lowest BCUT2D eigenvalue weighted by atomic mass is 10.1. The van der Waals surface area contributed by atoms with E-state index in [0.29, 0.717) is 5.75 Å². The second-order valence-electron chi connectivity index (χ2n) is 4.00. The van der Waals surface area contributed by atoms with Crippen LogP contribution in [0.5, 0.6) is 0 Å². The number of anilines is 1. The van der Waals surface area contributed by atoms with Gasteiger partial charge in [-0.1, -0.05) is 36.0 Å². The first kappa shape index (κ1) is 11.7. The molecule has 2 aromatic rings. The van der Waals surface area contributed by atoms with E-state index in [1.54, 1.807) is 11.8 Å². The average Bonchev–Trinajstić information content (AvgIpc) is 2.54. The van der Waals surface area contributed by atoms with E-state index >= 15 is 0 Å². The van der Waals surface area contributed by atoms with E-state index in [9.17, 15) is 4.79 Å². The molecule has 0 unspecified atom stereocenters. The van der Waals surface area contributed by atoms with Gasteiger partial charge in [-0.25, -0.2) is 0 Å². The number of hydrogen-bond donors (Lipinski definition) is 2. The Balaban J connectivity index is 2.20. The molecular formula is C14H11NOS2. The summed E-state index contributed by atoms with van der Waals surface area (Å²) in [6, 6.07) is 13.6. The molecule has 0 fully saturated rings.